The molecule has 0 aliphatic rings. The number of carbonyl (C=O) groups excluding carboxylic acids is 1. The van der Waals surface area contributed by atoms with Gasteiger partial charge in [0.2, 0.25) is 0 Å². The Morgan fingerprint density at radius 1 is 0.674 bits per heavy atom. The van der Waals surface area contributed by atoms with E-state index in [1.165, 1.54) is 24.7 Å². The highest BCUT2D eigenvalue weighted by Crippen LogP contribution is 2.23. The number of benzene rings is 2. The molecule has 0 amide bonds. The Hall–Kier alpha value is -5.01. The summed E-state index contributed by atoms with van der Waals surface area (Å²) < 4.78 is 20.7. The van der Waals surface area contributed by atoms with Crippen molar-refractivity contribution in [2.75, 3.05) is 28.4 Å². The molecule has 2 heterocycles. The maximum Gasteiger partial charge on any atom is 0.151 e. The highest BCUT2D eigenvalue weighted by atomic mass is 35.5. The van der Waals surface area contributed by atoms with E-state index < -0.39 is 0 Å². The van der Waals surface area contributed by atoms with Crippen LogP contribution in [-0.2, 0) is 0 Å². The number of hydrogen-bond donors (Lipinski definition) is 3. The van der Waals surface area contributed by atoms with Gasteiger partial charge < -0.3 is 29.4 Å². The van der Waals surface area contributed by atoms with Gasteiger partial charge in [-0.2, -0.15) is 0 Å². The van der Waals surface area contributed by atoms with Crippen LogP contribution in [0.5, 0.6) is 23.0 Å². The van der Waals surface area contributed by atoms with Crippen molar-refractivity contribution in [1.29, 1.82) is 0 Å². The summed E-state index contributed by atoms with van der Waals surface area (Å²) >= 11 is 11.6. The number of nitrogens with two attached hydrogens (primary N) is 1. The van der Waals surface area contributed by atoms with E-state index >= 15 is 0 Å². The first kappa shape index (κ1) is 39.0. The lowest BCUT2D eigenvalue weighted by molar-refractivity contribution is 0.112. The molecule has 2 aromatic heterocycles. The van der Waals surface area contributed by atoms with Gasteiger partial charge in [0.1, 0.15) is 33.3 Å². The van der Waals surface area contributed by atoms with Crippen molar-refractivity contribution in [3.8, 4) is 46.7 Å². The molecule has 2 aromatic carbocycles. The van der Waals surface area contributed by atoms with Crippen molar-refractivity contribution < 1.29 is 34.2 Å². The van der Waals surface area contributed by atoms with E-state index in [1.54, 1.807) is 70.9 Å². The van der Waals surface area contributed by atoms with Crippen LogP contribution < -0.4 is 24.8 Å². The Labute approximate surface area is 282 Å². The van der Waals surface area contributed by atoms with Gasteiger partial charge in [-0.3, -0.25) is 4.79 Å². The van der Waals surface area contributed by atoms with Crippen molar-refractivity contribution in [2.45, 2.75) is 0 Å². The van der Waals surface area contributed by atoms with Gasteiger partial charge >= 0.3 is 0 Å². The number of aromatic nitrogens is 2. The Kier molecular flexibility index (Phi) is 17.7. The Bertz CT molecular complexity index is 1720. The van der Waals surface area contributed by atoms with Gasteiger partial charge in [-0.05, 0) is 36.4 Å². The van der Waals surface area contributed by atoms with Crippen molar-refractivity contribution in [3.63, 3.8) is 0 Å². The number of carbonyl (C=O) groups is 1. The van der Waals surface area contributed by atoms with Crippen molar-refractivity contribution in [2.24, 2.45) is 11.1 Å². The first-order chi connectivity index (χ1) is 21.8. The maximum absolute atomic E-state index is 11.0. The minimum atomic E-state index is 0. The molecular formula is C32H29Cl3N4O7. The van der Waals surface area contributed by atoms with Crippen molar-refractivity contribution >= 4 is 48.1 Å². The smallest absolute Gasteiger partial charge is 0.151 e. The van der Waals surface area contributed by atoms with E-state index in [-0.39, 0.29) is 17.6 Å². The molecule has 0 bridgehead atoms. The van der Waals surface area contributed by atoms with Crippen LogP contribution in [0.3, 0.4) is 0 Å². The second-order valence-electron chi connectivity index (χ2n) is 8.25. The molecule has 11 nitrogen and oxygen atoms in total. The number of pyridine rings is 2. The van der Waals surface area contributed by atoms with E-state index in [4.69, 9.17) is 52.6 Å². The molecule has 0 spiro atoms. The highest BCUT2D eigenvalue weighted by Gasteiger charge is 2.04. The second kappa shape index (κ2) is 20.9. The van der Waals surface area contributed by atoms with Crippen LogP contribution in [0, 0.1) is 23.7 Å². The number of nitrogens with zero attached hydrogens (tertiary/aromatic N) is 3. The third kappa shape index (κ3) is 12.2. The first-order valence-electron chi connectivity index (χ1n) is 12.5. The number of hydrogen-bond acceptors (Lipinski definition) is 11. The largest absolute Gasteiger partial charge is 0.497 e. The van der Waals surface area contributed by atoms with Gasteiger partial charge in [0, 0.05) is 46.8 Å². The molecule has 0 fully saturated rings. The van der Waals surface area contributed by atoms with E-state index in [0.29, 0.717) is 62.3 Å². The van der Waals surface area contributed by atoms with E-state index in [9.17, 15) is 4.79 Å². The molecule has 240 valence electrons. The number of rotatable bonds is 6. The summed E-state index contributed by atoms with van der Waals surface area (Å²) in [5, 5.41) is 18.7. The number of aldehydes is 1. The summed E-state index contributed by atoms with van der Waals surface area (Å²) in [6.45, 7) is 0. The molecule has 0 aliphatic carbocycles. The molecule has 4 rings (SSSR count). The van der Waals surface area contributed by atoms with Crippen LogP contribution in [0.25, 0.3) is 0 Å². The Morgan fingerprint density at radius 2 is 1.04 bits per heavy atom. The highest BCUT2D eigenvalue weighted by molar-refractivity contribution is 6.30. The van der Waals surface area contributed by atoms with Gasteiger partial charge in [-0.25, -0.2) is 15.9 Å². The Morgan fingerprint density at radius 3 is 1.39 bits per heavy atom. The molecule has 4 N–H and O–H groups in total. The lowest BCUT2D eigenvalue weighted by Crippen LogP contribution is -1.91. The van der Waals surface area contributed by atoms with Crippen LogP contribution in [-0.4, -0.2) is 61.3 Å². The molecule has 0 radical (unpaired) electrons. The summed E-state index contributed by atoms with van der Waals surface area (Å²) in [6.07, 6.45) is 4.94. The molecule has 0 aliphatic heterocycles. The van der Waals surface area contributed by atoms with Crippen LogP contribution in [0.4, 0.5) is 0 Å². The number of ether oxygens (including phenoxy) is 4. The topological polar surface area (TPSA) is 159 Å². The van der Waals surface area contributed by atoms with Gasteiger partial charge in [0.15, 0.2) is 6.29 Å². The first-order valence-corrected chi connectivity index (χ1v) is 13.3. The zero-order valence-corrected chi connectivity index (χ0v) is 27.3. The van der Waals surface area contributed by atoms with Crippen molar-refractivity contribution in [1.82, 2.24) is 9.97 Å². The molecule has 0 atom stereocenters. The quantitative estimate of drug-likeness (QED) is 0.0575. The molecule has 46 heavy (non-hydrogen) atoms. The van der Waals surface area contributed by atoms with Crippen LogP contribution in [0.2, 0.25) is 10.3 Å². The summed E-state index contributed by atoms with van der Waals surface area (Å²) in [4.78, 5) is 18.9. The maximum atomic E-state index is 11.0. The van der Waals surface area contributed by atoms with Crippen LogP contribution in [0.1, 0.15) is 38.2 Å². The van der Waals surface area contributed by atoms with Gasteiger partial charge in [0.05, 0.1) is 45.8 Å². The van der Waals surface area contributed by atoms with Gasteiger partial charge in [-0.15, -0.1) is 12.4 Å². The number of halogens is 3. The third-order valence-corrected chi connectivity index (χ3v) is 5.93. The molecular weight excluding hydrogens is 659 g/mol. The average Bonchev–Trinajstić information content (AvgIpc) is 3.08. The fraction of sp³-hybridized carbons (Fsp3) is 0.125. The van der Waals surface area contributed by atoms with E-state index in [2.05, 4.69) is 44.7 Å². The minimum absolute atomic E-state index is 0. The summed E-state index contributed by atoms with van der Waals surface area (Å²) in [7, 11) is 6.29. The van der Waals surface area contributed by atoms with E-state index in [1.807, 2.05) is 0 Å². The fourth-order valence-electron chi connectivity index (χ4n) is 3.40. The third-order valence-electron chi connectivity index (χ3n) is 5.51. The monoisotopic (exact) mass is 686 g/mol. The van der Waals surface area contributed by atoms with E-state index in [0.717, 1.165) is 5.56 Å². The van der Waals surface area contributed by atoms with Crippen LogP contribution >= 0.6 is 35.6 Å². The fourth-order valence-corrected chi connectivity index (χ4v) is 3.73. The predicted octanol–water partition coefficient (Wildman–Crippen LogP) is 5.68. The lowest BCUT2D eigenvalue weighted by atomic mass is 10.1. The SMILES string of the molecule is COc1cc(C#Cc2cnc(Cl)cc2/C=N/O)cc(OC)c1.COc1cc(C#Cc2cnc(Cl)cc2C=O)cc(OC)c1.Cl.NO. The van der Waals surface area contributed by atoms with Gasteiger partial charge in [0.25, 0.3) is 0 Å². The summed E-state index contributed by atoms with van der Waals surface area (Å²) in [6, 6.07) is 13.7. The predicted molar refractivity (Wildman–Crippen MR) is 178 cm³/mol. The molecule has 0 saturated carbocycles. The van der Waals surface area contributed by atoms with Gasteiger partial charge in [-0.1, -0.05) is 52.0 Å². The molecule has 0 saturated heterocycles. The zero-order valence-electron chi connectivity index (χ0n) is 24.9. The number of methoxy groups -OCH3 is 4. The minimum Gasteiger partial charge on any atom is -0.497 e. The van der Waals surface area contributed by atoms with Crippen molar-refractivity contribution in [3.05, 3.63) is 105 Å². The number of oxime groups is 1. The average molecular weight is 688 g/mol. The lowest BCUT2D eigenvalue weighted by Gasteiger charge is -2.04. The molecule has 14 heteroatoms. The Balaban J connectivity index is 0.000000428. The van der Waals surface area contributed by atoms with Crippen LogP contribution in [0.15, 0.2) is 66.1 Å². The summed E-state index contributed by atoms with van der Waals surface area (Å²) in [5.74, 6) is 17.9. The summed E-state index contributed by atoms with van der Waals surface area (Å²) in [5.41, 5.74) is 3.50. The zero-order chi connectivity index (χ0) is 33.2. The molecule has 0 unspecified atom stereocenters. The normalized spacial score (nSPS) is 9.30. The molecule has 4 aromatic rings. The standard InChI is InChI=1S/C16H13ClN2O3.C16H12ClNO3.ClH.H3NO/c1-21-14-5-11(6-15(8-14)22-2)3-4-12-9-18-16(17)7-13(12)10-19-20;1-20-14-5-11(6-15(8-14)21-2)3-4-12-9-18-16(17)7-13(12)10-19;;1-2/h5-10,20H,1-2H3;5-10H,1-2H3;1H;2H,1H2/b19-10+;;;. The second-order valence-corrected chi connectivity index (χ2v) is 9.03.